The van der Waals surface area contributed by atoms with Crippen molar-refractivity contribution < 1.29 is 14.7 Å². The van der Waals surface area contributed by atoms with Crippen molar-refractivity contribution in [3.05, 3.63) is 29.5 Å². The van der Waals surface area contributed by atoms with Crippen LogP contribution < -0.4 is 10.2 Å². The number of nitrogens with one attached hydrogen (secondary N) is 2. The third-order valence-electron chi connectivity index (χ3n) is 4.77. The van der Waals surface area contributed by atoms with E-state index >= 15 is 0 Å². The first-order valence-corrected chi connectivity index (χ1v) is 8.33. The number of hydrogen-bond acceptors (Lipinski definition) is 3. The summed E-state index contributed by atoms with van der Waals surface area (Å²) in [6.45, 7) is 5.94. The molecule has 0 radical (unpaired) electrons. The molecule has 1 aliphatic heterocycles. The maximum atomic E-state index is 11.5. The molecule has 0 spiro atoms. The van der Waals surface area contributed by atoms with Gasteiger partial charge in [-0.3, -0.25) is 4.79 Å². The first kappa shape index (κ1) is 16.4. The van der Waals surface area contributed by atoms with Gasteiger partial charge in [-0.2, -0.15) is 0 Å². The standard InChI is InChI=1S/C18H23N3O3/c1-11-5-7-21(8-6-11)13-3-4-16-14(9-13)15(10-19-12(2)22)17(20-16)18(23)24/h3-4,9,11,20H,5-8,10H2,1-2H3,(H,19,22)(H,23,24). The number of benzene rings is 1. The summed E-state index contributed by atoms with van der Waals surface area (Å²) in [5, 5.41) is 13.0. The molecule has 0 bridgehead atoms. The van der Waals surface area contributed by atoms with Gasteiger partial charge in [0.2, 0.25) is 5.91 Å². The number of carbonyl (C=O) groups excluding carboxylic acids is 1. The smallest absolute Gasteiger partial charge is 0.352 e. The molecule has 2 heterocycles. The van der Waals surface area contributed by atoms with Crippen LogP contribution in [0.25, 0.3) is 10.9 Å². The number of H-pyrrole nitrogens is 1. The maximum Gasteiger partial charge on any atom is 0.352 e. The molecular weight excluding hydrogens is 306 g/mol. The number of carbonyl (C=O) groups is 2. The third-order valence-corrected chi connectivity index (χ3v) is 4.77. The highest BCUT2D eigenvalue weighted by Gasteiger charge is 2.20. The van der Waals surface area contributed by atoms with E-state index in [0.29, 0.717) is 5.56 Å². The molecule has 0 saturated carbocycles. The summed E-state index contributed by atoms with van der Waals surface area (Å²) < 4.78 is 0. The Kier molecular flexibility index (Phi) is 4.46. The maximum absolute atomic E-state index is 11.5. The van der Waals surface area contributed by atoms with E-state index in [1.54, 1.807) is 0 Å². The lowest BCUT2D eigenvalue weighted by Crippen LogP contribution is -2.32. The van der Waals surface area contributed by atoms with E-state index in [1.807, 2.05) is 18.2 Å². The summed E-state index contributed by atoms with van der Waals surface area (Å²) in [4.78, 5) is 28.0. The Bertz CT molecular complexity index is 773. The van der Waals surface area contributed by atoms with Crippen LogP contribution in [0.15, 0.2) is 18.2 Å². The van der Waals surface area contributed by atoms with Crippen molar-refractivity contribution in [3.63, 3.8) is 0 Å². The Balaban J connectivity index is 1.98. The van der Waals surface area contributed by atoms with Gasteiger partial charge in [0.15, 0.2) is 0 Å². The molecule has 0 atom stereocenters. The minimum absolute atomic E-state index is 0.142. The molecule has 0 aliphatic carbocycles. The Morgan fingerprint density at radius 3 is 2.67 bits per heavy atom. The fourth-order valence-corrected chi connectivity index (χ4v) is 3.28. The van der Waals surface area contributed by atoms with E-state index in [2.05, 4.69) is 22.1 Å². The van der Waals surface area contributed by atoms with Gasteiger partial charge in [-0.05, 0) is 37.0 Å². The van der Waals surface area contributed by atoms with Gasteiger partial charge >= 0.3 is 5.97 Å². The van der Waals surface area contributed by atoms with Crippen LogP contribution in [-0.2, 0) is 11.3 Å². The van der Waals surface area contributed by atoms with Crippen LogP contribution in [-0.4, -0.2) is 35.1 Å². The Hall–Kier alpha value is -2.50. The molecule has 2 aromatic rings. The average Bonchev–Trinajstić information content (AvgIpc) is 2.91. The quantitative estimate of drug-likeness (QED) is 0.805. The molecule has 1 fully saturated rings. The molecular formula is C18H23N3O3. The topological polar surface area (TPSA) is 85.4 Å². The first-order chi connectivity index (χ1) is 11.5. The van der Waals surface area contributed by atoms with Crippen LogP contribution in [0.5, 0.6) is 0 Å². The second-order valence-electron chi connectivity index (χ2n) is 6.59. The Labute approximate surface area is 140 Å². The van der Waals surface area contributed by atoms with Crippen LogP contribution in [0, 0.1) is 5.92 Å². The SMILES string of the molecule is CC(=O)NCc1c(C(=O)O)[nH]c2ccc(N3CCC(C)CC3)cc12. The summed E-state index contributed by atoms with van der Waals surface area (Å²) in [6, 6.07) is 5.99. The van der Waals surface area contributed by atoms with Crippen molar-refractivity contribution >= 4 is 28.5 Å². The zero-order valence-electron chi connectivity index (χ0n) is 14.1. The molecule has 1 amide bonds. The largest absolute Gasteiger partial charge is 0.477 e. The lowest BCUT2D eigenvalue weighted by atomic mass is 9.98. The number of aromatic amines is 1. The second-order valence-corrected chi connectivity index (χ2v) is 6.59. The molecule has 1 saturated heterocycles. The number of piperidine rings is 1. The fraction of sp³-hybridized carbons (Fsp3) is 0.444. The van der Waals surface area contributed by atoms with E-state index in [4.69, 9.17) is 0 Å². The minimum atomic E-state index is -1.01. The Morgan fingerprint density at radius 1 is 1.33 bits per heavy atom. The highest BCUT2D eigenvalue weighted by atomic mass is 16.4. The molecule has 6 nitrogen and oxygen atoms in total. The third kappa shape index (κ3) is 3.22. The number of carboxylic acids is 1. The van der Waals surface area contributed by atoms with Crippen molar-refractivity contribution in [3.8, 4) is 0 Å². The van der Waals surface area contributed by atoms with Gasteiger partial charge < -0.3 is 20.3 Å². The number of fused-ring (bicyclic) bond motifs is 1. The second kappa shape index (κ2) is 6.55. The van der Waals surface area contributed by atoms with Gasteiger partial charge in [0.05, 0.1) is 0 Å². The number of aromatic nitrogens is 1. The van der Waals surface area contributed by atoms with Gasteiger partial charge in [-0.25, -0.2) is 4.79 Å². The van der Waals surface area contributed by atoms with Crippen LogP contribution in [0.2, 0.25) is 0 Å². The van der Waals surface area contributed by atoms with Crippen molar-refractivity contribution in [2.24, 2.45) is 5.92 Å². The molecule has 1 aliphatic rings. The lowest BCUT2D eigenvalue weighted by Gasteiger charge is -2.32. The van der Waals surface area contributed by atoms with E-state index in [1.165, 1.54) is 19.8 Å². The van der Waals surface area contributed by atoms with Gasteiger partial charge in [0.1, 0.15) is 5.69 Å². The molecule has 1 aromatic carbocycles. The lowest BCUT2D eigenvalue weighted by molar-refractivity contribution is -0.119. The van der Waals surface area contributed by atoms with Gasteiger partial charge in [0, 0.05) is 48.7 Å². The fourth-order valence-electron chi connectivity index (χ4n) is 3.28. The number of nitrogens with zero attached hydrogens (tertiary/aromatic N) is 1. The van der Waals surface area contributed by atoms with Crippen molar-refractivity contribution in [1.82, 2.24) is 10.3 Å². The summed E-state index contributed by atoms with van der Waals surface area (Å²) in [5.74, 6) is -0.437. The number of anilines is 1. The molecule has 24 heavy (non-hydrogen) atoms. The molecule has 0 unspecified atom stereocenters. The van der Waals surface area contributed by atoms with Gasteiger partial charge in [0.25, 0.3) is 0 Å². The summed E-state index contributed by atoms with van der Waals surface area (Å²) in [7, 11) is 0. The van der Waals surface area contributed by atoms with Crippen molar-refractivity contribution in [2.75, 3.05) is 18.0 Å². The average molecular weight is 329 g/mol. The minimum Gasteiger partial charge on any atom is -0.477 e. The highest BCUT2D eigenvalue weighted by Crippen LogP contribution is 2.29. The number of amides is 1. The van der Waals surface area contributed by atoms with E-state index in [-0.39, 0.29) is 18.1 Å². The molecule has 3 rings (SSSR count). The van der Waals surface area contributed by atoms with E-state index in [0.717, 1.165) is 35.6 Å². The number of aromatic carboxylic acids is 1. The zero-order chi connectivity index (χ0) is 17.3. The van der Waals surface area contributed by atoms with Crippen LogP contribution in [0.1, 0.15) is 42.7 Å². The summed E-state index contributed by atoms with van der Waals surface area (Å²) >= 11 is 0. The van der Waals surface area contributed by atoms with E-state index in [9.17, 15) is 14.7 Å². The number of hydrogen-bond donors (Lipinski definition) is 3. The highest BCUT2D eigenvalue weighted by molar-refractivity contribution is 5.98. The van der Waals surface area contributed by atoms with Gasteiger partial charge in [-0.15, -0.1) is 0 Å². The predicted octanol–water partition coefficient (Wildman–Crippen LogP) is 2.74. The van der Waals surface area contributed by atoms with E-state index < -0.39 is 5.97 Å². The number of carboxylic acid groups (broad SMARTS) is 1. The molecule has 1 aromatic heterocycles. The monoisotopic (exact) mass is 329 g/mol. The molecule has 128 valence electrons. The zero-order valence-corrected chi connectivity index (χ0v) is 14.1. The normalized spacial score (nSPS) is 15.7. The number of rotatable bonds is 4. The summed E-state index contributed by atoms with van der Waals surface area (Å²) in [6.07, 6.45) is 2.34. The van der Waals surface area contributed by atoms with Crippen LogP contribution in [0.4, 0.5) is 5.69 Å². The molecule has 6 heteroatoms. The summed E-state index contributed by atoms with van der Waals surface area (Å²) in [5.41, 5.74) is 2.65. The van der Waals surface area contributed by atoms with Crippen LogP contribution in [0.3, 0.4) is 0 Å². The van der Waals surface area contributed by atoms with Gasteiger partial charge in [-0.1, -0.05) is 6.92 Å². The predicted molar refractivity (Wildman–Crippen MR) is 93.4 cm³/mol. The van der Waals surface area contributed by atoms with Crippen molar-refractivity contribution in [1.29, 1.82) is 0 Å². The Morgan fingerprint density at radius 2 is 2.04 bits per heavy atom. The first-order valence-electron chi connectivity index (χ1n) is 8.33. The molecule has 3 N–H and O–H groups in total. The van der Waals surface area contributed by atoms with Crippen molar-refractivity contribution in [2.45, 2.75) is 33.2 Å². The van der Waals surface area contributed by atoms with Crippen LogP contribution >= 0.6 is 0 Å².